The van der Waals surface area contributed by atoms with Crippen LogP contribution >= 0.6 is 0 Å². The van der Waals surface area contributed by atoms with Gasteiger partial charge >= 0.3 is 0 Å². The first-order chi connectivity index (χ1) is 8.13. The summed E-state index contributed by atoms with van der Waals surface area (Å²) < 4.78 is 0. The summed E-state index contributed by atoms with van der Waals surface area (Å²) in [6.07, 6.45) is 5.54. The second-order valence-corrected chi connectivity index (χ2v) is 5.50. The Bertz CT molecular complexity index is 230. The van der Waals surface area contributed by atoms with Crippen LogP contribution in [-0.4, -0.2) is 36.5 Å². The van der Waals surface area contributed by atoms with E-state index in [1.54, 1.807) is 0 Å². The number of nitrogens with one attached hydrogen (secondary N) is 1. The van der Waals surface area contributed by atoms with Gasteiger partial charge in [-0.25, -0.2) is 0 Å². The highest BCUT2D eigenvalue weighted by atomic mass is 16.2. The molecule has 1 saturated heterocycles. The molecule has 0 aliphatic carbocycles. The molecule has 3 nitrogen and oxygen atoms in total. The standard InChI is InChI=1S/C14H28N2O/c1-4-8-15-13(3)7-5-6-9-16-11-12(2)10-14(16)17/h12-13,15H,4-11H2,1-3H3. The number of nitrogens with zero attached hydrogens (tertiary/aromatic N) is 1. The number of rotatable bonds is 8. The van der Waals surface area contributed by atoms with Crippen molar-refractivity contribution in [2.75, 3.05) is 19.6 Å². The first-order valence-corrected chi connectivity index (χ1v) is 7.14. The third-order valence-electron chi connectivity index (χ3n) is 3.47. The van der Waals surface area contributed by atoms with Crippen molar-refractivity contribution in [2.45, 2.75) is 58.9 Å². The van der Waals surface area contributed by atoms with E-state index in [1.165, 1.54) is 19.3 Å². The maximum atomic E-state index is 11.6. The van der Waals surface area contributed by atoms with Crippen molar-refractivity contribution < 1.29 is 4.79 Å². The summed E-state index contributed by atoms with van der Waals surface area (Å²) in [5.41, 5.74) is 0. The largest absolute Gasteiger partial charge is 0.342 e. The molecule has 1 heterocycles. The number of unbranched alkanes of at least 4 members (excludes halogenated alkanes) is 1. The second-order valence-electron chi connectivity index (χ2n) is 5.50. The lowest BCUT2D eigenvalue weighted by Gasteiger charge is -2.17. The lowest BCUT2D eigenvalue weighted by Crippen LogP contribution is -2.28. The summed E-state index contributed by atoms with van der Waals surface area (Å²) in [7, 11) is 0. The Morgan fingerprint density at radius 3 is 2.82 bits per heavy atom. The Labute approximate surface area is 106 Å². The van der Waals surface area contributed by atoms with Crippen molar-refractivity contribution in [3.05, 3.63) is 0 Å². The molecular formula is C14H28N2O. The third kappa shape index (κ3) is 5.53. The average molecular weight is 240 g/mol. The smallest absolute Gasteiger partial charge is 0.222 e. The Morgan fingerprint density at radius 2 is 2.24 bits per heavy atom. The van der Waals surface area contributed by atoms with E-state index >= 15 is 0 Å². The van der Waals surface area contributed by atoms with Crippen LogP contribution in [0.1, 0.15) is 52.9 Å². The van der Waals surface area contributed by atoms with Crippen molar-refractivity contribution in [3.63, 3.8) is 0 Å². The van der Waals surface area contributed by atoms with Crippen LogP contribution in [0, 0.1) is 5.92 Å². The lowest BCUT2D eigenvalue weighted by molar-refractivity contribution is -0.127. The van der Waals surface area contributed by atoms with Gasteiger partial charge in [-0.2, -0.15) is 0 Å². The predicted molar refractivity (Wildman–Crippen MR) is 72.0 cm³/mol. The first-order valence-electron chi connectivity index (χ1n) is 7.14. The van der Waals surface area contributed by atoms with Gasteiger partial charge in [0.05, 0.1) is 0 Å². The van der Waals surface area contributed by atoms with E-state index in [-0.39, 0.29) is 0 Å². The normalized spacial score (nSPS) is 22.2. The van der Waals surface area contributed by atoms with E-state index < -0.39 is 0 Å². The Balaban J connectivity index is 2.02. The number of likely N-dealkylation sites (tertiary alicyclic amines) is 1. The highest BCUT2D eigenvalue weighted by molar-refractivity contribution is 5.78. The molecule has 1 N–H and O–H groups in total. The minimum atomic E-state index is 0.356. The topological polar surface area (TPSA) is 32.3 Å². The fourth-order valence-corrected chi connectivity index (χ4v) is 2.43. The van der Waals surface area contributed by atoms with E-state index in [1.807, 2.05) is 4.90 Å². The Hall–Kier alpha value is -0.570. The van der Waals surface area contributed by atoms with Gasteiger partial charge in [0.1, 0.15) is 0 Å². The van der Waals surface area contributed by atoms with Gasteiger partial charge in [0.2, 0.25) is 5.91 Å². The van der Waals surface area contributed by atoms with Crippen LogP contribution in [0.2, 0.25) is 0 Å². The zero-order chi connectivity index (χ0) is 12.7. The van der Waals surface area contributed by atoms with Crippen LogP contribution in [0.5, 0.6) is 0 Å². The maximum absolute atomic E-state index is 11.6. The van der Waals surface area contributed by atoms with E-state index in [9.17, 15) is 4.79 Å². The molecule has 0 saturated carbocycles. The van der Waals surface area contributed by atoms with Crippen LogP contribution in [0.4, 0.5) is 0 Å². The molecule has 0 aromatic heterocycles. The monoisotopic (exact) mass is 240 g/mol. The predicted octanol–water partition coefficient (Wildman–Crippen LogP) is 2.41. The number of carbonyl (C=O) groups excluding carboxylic acids is 1. The molecule has 2 unspecified atom stereocenters. The van der Waals surface area contributed by atoms with Crippen molar-refractivity contribution in [1.82, 2.24) is 10.2 Å². The molecule has 0 aromatic rings. The van der Waals surface area contributed by atoms with E-state index in [0.717, 1.165) is 32.5 Å². The maximum Gasteiger partial charge on any atom is 0.222 e. The SMILES string of the molecule is CCCNC(C)CCCCN1CC(C)CC1=O. The average Bonchev–Trinajstić information content (AvgIpc) is 2.60. The molecule has 1 aliphatic rings. The van der Waals surface area contributed by atoms with E-state index in [4.69, 9.17) is 0 Å². The zero-order valence-electron chi connectivity index (χ0n) is 11.7. The fraction of sp³-hybridized carbons (Fsp3) is 0.929. The highest BCUT2D eigenvalue weighted by Crippen LogP contribution is 2.17. The van der Waals surface area contributed by atoms with Crippen molar-refractivity contribution >= 4 is 5.91 Å². The Morgan fingerprint density at radius 1 is 1.47 bits per heavy atom. The van der Waals surface area contributed by atoms with E-state index in [0.29, 0.717) is 17.9 Å². The van der Waals surface area contributed by atoms with Gasteiger partial charge in [0, 0.05) is 25.6 Å². The summed E-state index contributed by atoms with van der Waals surface area (Å²) in [4.78, 5) is 13.6. The second kappa shape index (κ2) is 7.70. The van der Waals surface area contributed by atoms with Gasteiger partial charge in [0.15, 0.2) is 0 Å². The van der Waals surface area contributed by atoms with Crippen LogP contribution in [-0.2, 0) is 4.79 Å². The van der Waals surface area contributed by atoms with Crippen LogP contribution in [0.3, 0.4) is 0 Å². The molecule has 17 heavy (non-hydrogen) atoms. The van der Waals surface area contributed by atoms with Crippen molar-refractivity contribution in [1.29, 1.82) is 0 Å². The van der Waals surface area contributed by atoms with Gasteiger partial charge in [-0.3, -0.25) is 4.79 Å². The molecule has 0 bridgehead atoms. The summed E-state index contributed by atoms with van der Waals surface area (Å²) in [5, 5.41) is 3.50. The third-order valence-corrected chi connectivity index (χ3v) is 3.47. The Kier molecular flexibility index (Phi) is 6.56. The zero-order valence-corrected chi connectivity index (χ0v) is 11.7. The quantitative estimate of drug-likeness (QED) is 0.661. The number of amides is 1. The number of carbonyl (C=O) groups is 1. The van der Waals surface area contributed by atoms with Gasteiger partial charge in [0.25, 0.3) is 0 Å². The minimum Gasteiger partial charge on any atom is -0.342 e. The van der Waals surface area contributed by atoms with Crippen LogP contribution in [0.25, 0.3) is 0 Å². The van der Waals surface area contributed by atoms with Gasteiger partial charge in [-0.15, -0.1) is 0 Å². The molecular weight excluding hydrogens is 212 g/mol. The first kappa shape index (κ1) is 14.5. The molecule has 1 amide bonds. The minimum absolute atomic E-state index is 0.356. The summed E-state index contributed by atoms with van der Waals surface area (Å²) in [6, 6.07) is 0.614. The summed E-state index contributed by atoms with van der Waals surface area (Å²) >= 11 is 0. The van der Waals surface area contributed by atoms with Gasteiger partial charge in [-0.05, 0) is 38.6 Å². The molecule has 1 aliphatic heterocycles. The highest BCUT2D eigenvalue weighted by Gasteiger charge is 2.25. The number of hydrogen-bond donors (Lipinski definition) is 1. The molecule has 0 spiro atoms. The van der Waals surface area contributed by atoms with E-state index in [2.05, 4.69) is 26.1 Å². The molecule has 1 fully saturated rings. The van der Waals surface area contributed by atoms with Gasteiger partial charge in [-0.1, -0.05) is 20.3 Å². The summed E-state index contributed by atoms with van der Waals surface area (Å²) in [5.74, 6) is 0.919. The van der Waals surface area contributed by atoms with Gasteiger partial charge < -0.3 is 10.2 Å². The molecule has 100 valence electrons. The lowest BCUT2D eigenvalue weighted by atomic mass is 10.1. The van der Waals surface area contributed by atoms with Crippen LogP contribution in [0.15, 0.2) is 0 Å². The van der Waals surface area contributed by atoms with Crippen molar-refractivity contribution in [2.24, 2.45) is 5.92 Å². The number of hydrogen-bond acceptors (Lipinski definition) is 2. The molecule has 1 rings (SSSR count). The van der Waals surface area contributed by atoms with Crippen LogP contribution < -0.4 is 5.32 Å². The summed E-state index contributed by atoms with van der Waals surface area (Å²) in [6.45, 7) is 9.66. The molecule has 0 aromatic carbocycles. The van der Waals surface area contributed by atoms with Crippen molar-refractivity contribution in [3.8, 4) is 0 Å². The molecule has 3 heteroatoms. The molecule has 0 radical (unpaired) electrons. The molecule has 2 atom stereocenters. The fourth-order valence-electron chi connectivity index (χ4n) is 2.43.